The topological polar surface area (TPSA) is 60.9 Å². The molecule has 4 nitrogen and oxygen atoms in total. The maximum absolute atomic E-state index is 9.49. The van der Waals surface area contributed by atoms with Gasteiger partial charge >= 0.3 is 0 Å². The first kappa shape index (κ1) is 13.5. The summed E-state index contributed by atoms with van der Waals surface area (Å²) in [5.41, 5.74) is 3.64. The van der Waals surface area contributed by atoms with Gasteiger partial charge in [0.05, 0.1) is 17.9 Å². The molecule has 0 aliphatic carbocycles. The monoisotopic (exact) mass is 299 g/mol. The highest BCUT2D eigenvalue weighted by molar-refractivity contribution is 6.30. The van der Waals surface area contributed by atoms with Crippen molar-refractivity contribution < 1.29 is 5.11 Å². The Balaban J connectivity index is 1.69. The van der Waals surface area contributed by atoms with Gasteiger partial charge in [0.15, 0.2) is 0 Å². The fraction of sp³-hybridized carbons (Fsp3) is 0.0625. The van der Waals surface area contributed by atoms with Gasteiger partial charge in [-0.3, -0.25) is 5.10 Å². The van der Waals surface area contributed by atoms with Crippen molar-refractivity contribution in [2.24, 2.45) is 0 Å². The molecule has 0 fully saturated rings. The van der Waals surface area contributed by atoms with Crippen LogP contribution in [0.4, 0.5) is 5.69 Å². The molecule has 5 heteroatoms. The highest BCUT2D eigenvalue weighted by Crippen LogP contribution is 2.22. The number of aromatic hydroxyl groups is 1. The van der Waals surface area contributed by atoms with E-state index in [4.69, 9.17) is 11.6 Å². The lowest BCUT2D eigenvalue weighted by atomic mass is 10.1. The van der Waals surface area contributed by atoms with E-state index in [0.717, 1.165) is 22.6 Å². The number of nitrogens with zero attached hydrogens (tertiary/aromatic N) is 1. The van der Waals surface area contributed by atoms with E-state index < -0.39 is 0 Å². The van der Waals surface area contributed by atoms with Crippen molar-refractivity contribution in [3.8, 4) is 17.0 Å². The van der Waals surface area contributed by atoms with Crippen LogP contribution >= 0.6 is 11.6 Å². The quantitative estimate of drug-likeness (QED) is 0.681. The molecule has 0 radical (unpaired) electrons. The van der Waals surface area contributed by atoms with Crippen LogP contribution in [0, 0.1) is 0 Å². The Morgan fingerprint density at radius 1 is 1.10 bits per heavy atom. The molecule has 3 N–H and O–H groups in total. The van der Waals surface area contributed by atoms with E-state index in [1.165, 1.54) is 0 Å². The van der Waals surface area contributed by atoms with Gasteiger partial charge < -0.3 is 10.4 Å². The summed E-state index contributed by atoms with van der Waals surface area (Å²) in [5.74, 6) is 0.233. The summed E-state index contributed by atoms with van der Waals surface area (Å²) in [6.45, 7) is 0.632. The minimum absolute atomic E-state index is 0.233. The third-order valence-corrected chi connectivity index (χ3v) is 3.35. The van der Waals surface area contributed by atoms with Crippen LogP contribution in [0.3, 0.4) is 0 Å². The van der Waals surface area contributed by atoms with Crippen molar-refractivity contribution in [3.63, 3.8) is 0 Å². The number of aromatic nitrogens is 2. The second-order valence-corrected chi connectivity index (χ2v) is 5.13. The van der Waals surface area contributed by atoms with E-state index in [2.05, 4.69) is 15.5 Å². The minimum atomic E-state index is 0.233. The molecule has 0 unspecified atom stereocenters. The molecule has 1 heterocycles. The van der Waals surface area contributed by atoms with Crippen LogP contribution in [-0.4, -0.2) is 15.3 Å². The van der Waals surface area contributed by atoms with Gasteiger partial charge in [0.25, 0.3) is 0 Å². The van der Waals surface area contributed by atoms with Crippen molar-refractivity contribution in [2.75, 3.05) is 5.32 Å². The van der Waals surface area contributed by atoms with E-state index >= 15 is 0 Å². The average molecular weight is 300 g/mol. The van der Waals surface area contributed by atoms with E-state index in [-0.39, 0.29) is 5.75 Å². The lowest BCUT2D eigenvalue weighted by Gasteiger charge is -2.04. The number of halogens is 1. The molecule has 0 aliphatic rings. The fourth-order valence-corrected chi connectivity index (χ4v) is 2.16. The molecule has 0 atom stereocenters. The van der Waals surface area contributed by atoms with E-state index in [0.29, 0.717) is 11.6 Å². The van der Waals surface area contributed by atoms with Gasteiger partial charge in [-0.15, -0.1) is 0 Å². The first-order valence-corrected chi connectivity index (χ1v) is 6.91. The molecule has 0 spiro atoms. The largest absolute Gasteiger partial charge is 0.508 e. The molecule has 0 amide bonds. The lowest BCUT2D eigenvalue weighted by molar-refractivity contribution is 0.475. The maximum Gasteiger partial charge on any atom is 0.116 e. The van der Waals surface area contributed by atoms with Crippen LogP contribution in [0.1, 0.15) is 5.69 Å². The maximum atomic E-state index is 9.49. The van der Waals surface area contributed by atoms with Gasteiger partial charge in [-0.05, 0) is 42.5 Å². The first-order chi connectivity index (χ1) is 10.2. The molecule has 1 aromatic heterocycles. The molecule has 0 bridgehead atoms. The van der Waals surface area contributed by atoms with Crippen LogP contribution in [0.15, 0.2) is 54.6 Å². The zero-order valence-corrected chi connectivity index (χ0v) is 11.9. The Morgan fingerprint density at radius 3 is 2.67 bits per heavy atom. The molecular formula is C16H14ClN3O. The number of rotatable bonds is 4. The summed E-state index contributed by atoms with van der Waals surface area (Å²) in [6, 6.07) is 16.5. The van der Waals surface area contributed by atoms with Crippen LogP contribution < -0.4 is 5.32 Å². The van der Waals surface area contributed by atoms with Crippen LogP contribution in [0.2, 0.25) is 5.02 Å². The number of H-pyrrole nitrogens is 1. The second-order valence-electron chi connectivity index (χ2n) is 4.69. The number of phenols is 1. The molecule has 0 saturated carbocycles. The van der Waals surface area contributed by atoms with E-state index in [1.807, 2.05) is 36.4 Å². The highest BCUT2D eigenvalue weighted by atomic mass is 35.5. The van der Waals surface area contributed by atoms with Gasteiger partial charge in [-0.25, -0.2) is 0 Å². The number of nitrogens with one attached hydrogen (secondary N) is 2. The smallest absolute Gasteiger partial charge is 0.116 e. The summed E-state index contributed by atoms with van der Waals surface area (Å²) in [6.07, 6.45) is 0. The Kier molecular flexibility index (Phi) is 3.79. The average Bonchev–Trinajstić information content (AvgIpc) is 2.96. The number of hydrogen-bond donors (Lipinski definition) is 3. The third kappa shape index (κ3) is 3.35. The predicted octanol–water partition coefficient (Wildman–Crippen LogP) is 4.05. The van der Waals surface area contributed by atoms with Crippen LogP contribution in [-0.2, 0) is 6.54 Å². The zero-order valence-electron chi connectivity index (χ0n) is 11.2. The molecule has 21 heavy (non-hydrogen) atoms. The third-order valence-electron chi connectivity index (χ3n) is 3.10. The number of anilines is 1. The number of benzene rings is 2. The lowest BCUT2D eigenvalue weighted by Crippen LogP contribution is -1.99. The van der Waals surface area contributed by atoms with Crippen molar-refractivity contribution >= 4 is 17.3 Å². The molecule has 0 aliphatic heterocycles. The Labute approximate surface area is 127 Å². The minimum Gasteiger partial charge on any atom is -0.508 e. The SMILES string of the molecule is Oc1cccc(-c2cc(CNc3ccc(Cl)cc3)[nH]n2)c1. The van der Waals surface area contributed by atoms with Gasteiger partial charge in [-0.2, -0.15) is 5.10 Å². The molecule has 3 rings (SSSR count). The van der Waals surface area contributed by atoms with Crippen LogP contribution in [0.5, 0.6) is 5.75 Å². The van der Waals surface area contributed by atoms with Gasteiger partial charge in [-0.1, -0.05) is 23.7 Å². The van der Waals surface area contributed by atoms with Crippen molar-refractivity contribution in [2.45, 2.75) is 6.54 Å². The standard InChI is InChI=1S/C16H14ClN3O/c17-12-4-6-13(7-5-12)18-10-14-9-16(20-19-14)11-2-1-3-15(21)8-11/h1-9,18,21H,10H2,(H,19,20). The fourth-order valence-electron chi connectivity index (χ4n) is 2.03. The molecular weight excluding hydrogens is 286 g/mol. The summed E-state index contributed by atoms with van der Waals surface area (Å²) in [5, 5.41) is 20.7. The van der Waals surface area contributed by atoms with Crippen LogP contribution in [0.25, 0.3) is 11.3 Å². The normalized spacial score (nSPS) is 10.5. The zero-order chi connectivity index (χ0) is 14.7. The van der Waals surface area contributed by atoms with E-state index in [1.54, 1.807) is 18.2 Å². The van der Waals surface area contributed by atoms with Gasteiger partial charge in [0.2, 0.25) is 0 Å². The summed E-state index contributed by atoms with van der Waals surface area (Å²) in [4.78, 5) is 0. The second kappa shape index (κ2) is 5.89. The molecule has 0 saturated heterocycles. The predicted molar refractivity (Wildman–Crippen MR) is 84.5 cm³/mol. The summed E-state index contributed by atoms with van der Waals surface area (Å²) >= 11 is 5.85. The van der Waals surface area contributed by atoms with Gasteiger partial charge in [0, 0.05) is 16.3 Å². The van der Waals surface area contributed by atoms with E-state index in [9.17, 15) is 5.11 Å². The summed E-state index contributed by atoms with van der Waals surface area (Å²) < 4.78 is 0. The summed E-state index contributed by atoms with van der Waals surface area (Å²) in [7, 11) is 0. The Morgan fingerprint density at radius 2 is 1.90 bits per heavy atom. The number of phenolic OH excluding ortho intramolecular Hbond substituents is 1. The number of aromatic amines is 1. The number of hydrogen-bond acceptors (Lipinski definition) is 3. The molecule has 2 aromatic carbocycles. The van der Waals surface area contributed by atoms with Crippen molar-refractivity contribution in [1.29, 1.82) is 0 Å². The van der Waals surface area contributed by atoms with Gasteiger partial charge in [0.1, 0.15) is 5.75 Å². The Bertz CT molecular complexity index is 737. The van der Waals surface area contributed by atoms with Crippen molar-refractivity contribution in [1.82, 2.24) is 10.2 Å². The first-order valence-electron chi connectivity index (χ1n) is 6.54. The highest BCUT2D eigenvalue weighted by Gasteiger charge is 2.04. The molecule has 3 aromatic rings. The van der Waals surface area contributed by atoms with Crippen molar-refractivity contribution in [3.05, 3.63) is 65.3 Å². The Hall–Kier alpha value is -2.46. The molecule has 106 valence electrons.